The van der Waals surface area contributed by atoms with E-state index in [1.807, 2.05) is 0 Å². The number of hydrogen-bond acceptors (Lipinski definition) is 2. The van der Waals surface area contributed by atoms with Crippen LogP contribution in [-0.4, -0.2) is 17.3 Å². The van der Waals surface area contributed by atoms with Crippen molar-refractivity contribution in [2.45, 2.75) is 38.8 Å². The van der Waals surface area contributed by atoms with Crippen LogP contribution >= 0.6 is 0 Å². The van der Waals surface area contributed by atoms with Gasteiger partial charge in [0.15, 0.2) is 0 Å². The minimum absolute atomic E-state index is 0.0127. The zero-order valence-electron chi connectivity index (χ0n) is 6.75. The van der Waals surface area contributed by atoms with E-state index in [0.717, 1.165) is 12.8 Å². The largest absolute Gasteiger partial charge is 0.391 e. The Hall–Kier alpha value is -0.0800. The van der Waals surface area contributed by atoms with E-state index < -0.39 is 0 Å². The second-order valence-corrected chi connectivity index (χ2v) is 3.71. The van der Waals surface area contributed by atoms with E-state index in [2.05, 4.69) is 13.8 Å². The van der Waals surface area contributed by atoms with Gasteiger partial charge in [-0.25, -0.2) is 0 Å². The molecule has 1 fully saturated rings. The molecule has 10 heavy (non-hydrogen) atoms. The SMILES string of the molecule is C[C@H]1C[C@@H](N)[C@H](O)[C@@H](C)C1. The average molecular weight is 143 g/mol. The summed E-state index contributed by atoms with van der Waals surface area (Å²) in [6.45, 7) is 4.27. The van der Waals surface area contributed by atoms with E-state index in [1.165, 1.54) is 0 Å². The molecule has 0 radical (unpaired) electrons. The first kappa shape index (κ1) is 8.02. The molecule has 0 saturated heterocycles. The van der Waals surface area contributed by atoms with Crippen LogP contribution in [0.3, 0.4) is 0 Å². The smallest absolute Gasteiger partial charge is 0.0716 e. The maximum Gasteiger partial charge on any atom is 0.0716 e. The average Bonchev–Trinajstić information content (AvgIpc) is 1.82. The lowest BCUT2D eigenvalue weighted by atomic mass is 9.79. The third-order valence-electron chi connectivity index (χ3n) is 2.47. The molecule has 4 atom stereocenters. The Morgan fingerprint density at radius 3 is 2.40 bits per heavy atom. The summed E-state index contributed by atoms with van der Waals surface area (Å²) in [6.07, 6.45) is 1.83. The Labute approximate surface area is 62.4 Å². The summed E-state index contributed by atoms with van der Waals surface area (Å²) >= 11 is 0. The predicted molar refractivity (Wildman–Crippen MR) is 41.5 cm³/mol. The maximum atomic E-state index is 9.44. The molecule has 3 N–H and O–H groups in total. The van der Waals surface area contributed by atoms with E-state index >= 15 is 0 Å². The summed E-state index contributed by atoms with van der Waals surface area (Å²) < 4.78 is 0. The lowest BCUT2D eigenvalue weighted by Gasteiger charge is -2.34. The first-order valence-corrected chi connectivity index (χ1v) is 4.05. The van der Waals surface area contributed by atoms with Crippen molar-refractivity contribution in [1.82, 2.24) is 0 Å². The lowest BCUT2D eigenvalue weighted by Crippen LogP contribution is -2.44. The molecule has 0 aliphatic heterocycles. The molecule has 1 aliphatic rings. The summed E-state index contributed by atoms with van der Waals surface area (Å²) in [6, 6.07) is 0.0127. The van der Waals surface area contributed by atoms with Gasteiger partial charge in [-0.3, -0.25) is 0 Å². The second kappa shape index (κ2) is 2.89. The van der Waals surface area contributed by atoms with Gasteiger partial charge in [-0.15, -0.1) is 0 Å². The first-order chi connectivity index (χ1) is 4.61. The molecule has 0 unspecified atom stereocenters. The summed E-state index contributed by atoms with van der Waals surface area (Å²) in [5, 5.41) is 9.44. The highest BCUT2D eigenvalue weighted by Crippen LogP contribution is 2.27. The van der Waals surface area contributed by atoms with Crippen molar-refractivity contribution in [2.24, 2.45) is 17.6 Å². The molecule has 0 aromatic rings. The van der Waals surface area contributed by atoms with Gasteiger partial charge >= 0.3 is 0 Å². The molecule has 2 heteroatoms. The molecule has 0 bridgehead atoms. The zero-order valence-corrected chi connectivity index (χ0v) is 6.75. The van der Waals surface area contributed by atoms with Crippen LogP contribution in [0.15, 0.2) is 0 Å². The standard InChI is InChI=1S/C8H17NO/c1-5-3-6(2)8(10)7(9)4-5/h5-8,10H,3-4,9H2,1-2H3/t5-,6+,7-,8-/m1/s1. The number of rotatable bonds is 0. The van der Waals surface area contributed by atoms with Gasteiger partial charge in [0.05, 0.1) is 6.10 Å². The van der Waals surface area contributed by atoms with Crippen molar-refractivity contribution in [3.63, 3.8) is 0 Å². The van der Waals surface area contributed by atoms with E-state index in [-0.39, 0.29) is 12.1 Å². The van der Waals surface area contributed by atoms with E-state index in [0.29, 0.717) is 11.8 Å². The lowest BCUT2D eigenvalue weighted by molar-refractivity contribution is 0.0420. The predicted octanol–water partition coefficient (Wildman–Crippen LogP) is 0.741. The van der Waals surface area contributed by atoms with Crippen LogP contribution in [0.5, 0.6) is 0 Å². The Kier molecular flexibility index (Phi) is 2.32. The molecule has 2 nitrogen and oxygen atoms in total. The van der Waals surface area contributed by atoms with Crippen molar-refractivity contribution >= 4 is 0 Å². The van der Waals surface area contributed by atoms with Gasteiger partial charge < -0.3 is 10.8 Å². The third-order valence-corrected chi connectivity index (χ3v) is 2.47. The normalized spacial score (nSPS) is 49.2. The van der Waals surface area contributed by atoms with Crippen molar-refractivity contribution in [2.75, 3.05) is 0 Å². The van der Waals surface area contributed by atoms with Crippen LogP contribution in [0, 0.1) is 11.8 Å². The Bertz CT molecular complexity index is 104. The highest BCUT2D eigenvalue weighted by molar-refractivity contribution is 4.84. The Balaban J connectivity index is 2.49. The molecule has 0 heterocycles. The summed E-state index contributed by atoms with van der Waals surface area (Å²) in [7, 11) is 0. The van der Waals surface area contributed by atoms with Gasteiger partial charge in [0.2, 0.25) is 0 Å². The Morgan fingerprint density at radius 1 is 1.30 bits per heavy atom. The molecule has 0 aromatic heterocycles. The van der Waals surface area contributed by atoms with Crippen molar-refractivity contribution < 1.29 is 5.11 Å². The molecule has 1 saturated carbocycles. The minimum Gasteiger partial charge on any atom is -0.391 e. The van der Waals surface area contributed by atoms with Crippen LogP contribution in [-0.2, 0) is 0 Å². The number of nitrogens with two attached hydrogens (primary N) is 1. The Morgan fingerprint density at radius 2 is 1.90 bits per heavy atom. The van der Waals surface area contributed by atoms with Gasteiger partial charge in [0.25, 0.3) is 0 Å². The minimum atomic E-state index is -0.267. The van der Waals surface area contributed by atoms with Crippen molar-refractivity contribution in [3.8, 4) is 0 Å². The van der Waals surface area contributed by atoms with Crippen LogP contribution in [0.4, 0.5) is 0 Å². The van der Waals surface area contributed by atoms with Crippen molar-refractivity contribution in [3.05, 3.63) is 0 Å². The fourth-order valence-electron chi connectivity index (χ4n) is 1.90. The second-order valence-electron chi connectivity index (χ2n) is 3.71. The molecule has 0 aromatic carbocycles. The van der Waals surface area contributed by atoms with Crippen LogP contribution in [0.25, 0.3) is 0 Å². The topological polar surface area (TPSA) is 46.2 Å². The van der Waals surface area contributed by atoms with Gasteiger partial charge in [0, 0.05) is 6.04 Å². The summed E-state index contributed by atoms with van der Waals surface area (Å²) in [5.74, 6) is 1.08. The summed E-state index contributed by atoms with van der Waals surface area (Å²) in [4.78, 5) is 0. The molecular weight excluding hydrogens is 126 g/mol. The highest BCUT2D eigenvalue weighted by Gasteiger charge is 2.29. The van der Waals surface area contributed by atoms with Gasteiger partial charge in [0.1, 0.15) is 0 Å². The number of aliphatic hydroxyl groups is 1. The summed E-state index contributed by atoms with van der Waals surface area (Å²) in [5.41, 5.74) is 5.71. The maximum absolute atomic E-state index is 9.44. The van der Waals surface area contributed by atoms with E-state index in [9.17, 15) is 5.11 Å². The molecule has 1 aliphatic carbocycles. The monoisotopic (exact) mass is 143 g/mol. The van der Waals surface area contributed by atoms with Crippen LogP contribution < -0.4 is 5.73 Å². The molecule has 0 spiro atoms. The number of hydrogen-bond donors (Lipinski definition) is 2. The van der Waals surface area contributed by atoms with Crippen LogP contribution in [0.2, 0.25) is 0 Å². The van der Waals surface area contributed by atoms with Gasteiger partial charge in [-0.2, -0.15) is 0 Å². The molecule has 60 valence electrons. The number of aliphatic hydroxyl groups excluding tert-OH is 1. The van der Waals surface area contributed by atoms with E-state index in [4.69, 9.17) is 5.73 Å². The fourth-order valence-corrected chi connectivity index (χ4v) is 1.90. The molecule has 0 amide bonds. The quantitative estimate of drug-likeness (QED) is 0.525. The first-order valence-electron chi connectivity index (χ1n) is 4.05. The third kappa shape index (κ3) is 1.50. The fraction of sp³-hybridized carbons (Fsp3) is 1.00. The molecule has 1 rings (SSSR count). The molecular formula is C8H17NO. The van der Waals surface area contributed by atoms with Crippen LogP contribution in [0.1, 0.15) is 26.7 Å². The highest BCUT2D eigenvalue weighted by atomic mass is 16.3. The van der Waals surface area contributed by atoms with Gasteiger partial charge in [-0.05, 0) is 24.7 Å². The van der Waals surface area contributed by atoms with E-state index in [1.54, 1.807) is 0 Å². The van der Waals surface area contributed by atoms with Crippen molar-refractivity contribution in [1.29, 1.82) is 0 Å². The zero-order chi connectivity index (χ0) is 7.72. The van der Waals surface area contributed by atoms with Gasteiger partial charge in [-0.1, -0.05) is 13.8 Å².